The van der Waals surface area contributed by atoms with Gasteiger partial charge in [0.15, 0.2) is 0 Å². The lowest BCUT2D eigenvalue weighted by molar-refractivity contribution is -0.384. The van der Waals surface area contributed by atoms with Gasteiger partial charge in [0.1, 0.15) is 12.0 Å². The lowest BCUT2D eigenvalue weighted by Gasteiger charge is -2.14. The number of nitrogens with zero attached hydrogens (tertiary/aromatic N) is 1. The second kappa shape index (κ2) is 5.92. The van der Waals surface area contributed by atoms with Crippen LogP contribution in [0.1, 0.15) is 10.4 Å². The third kappa shape index (κ3) is 3.23. The zero-order chi connectivity index (χ0) is 12.8. The van der Waals surface area contributed by atoms with Crippen molar-refractivity contribution in [3.8, 4) is 0 Å². The largest absolute Gasteiger partial charge is 0.394 e. The number of anilines is 1. The average Bonchev–Trinajstić information content (AvgIpc) is 2.35. The maximum Gasteiger partial charge on any atom is 0.293 e. The first-order chi connectivity index (χ1) is 8.12. The van der Waals surface area contributed by atoms with Crippen LogP contribution in [0.4, 0.5) is 11.4 Å². The van der Waals surface area contributed by atoms with Crippen LogP contribution >= 0.6 is 0 Å². The Bertz CT molecular complexity index is 417. The summed E-state index contributed by atoms with van der Waals surface area (Å²) in [6.45, 7) is -0.716. The Morgan fingerprint density at radius 3 is 2.53 bits per heavy atom. The van der Waals surface area contributed by atoms with Gasteiger partial charge in [-0.05, 0) is 12.1 Å². The molecular formula is C10H12N2O5. The van der Waals surface area contributed by atoms with Gasteiger partial charge in [0.2, 0.25) is 0 Å². The Balaban J connectivity index is 3.05. The van der Waals surface area contributed by atoms with E-state index in [-0.39, 0.29) is 30.2 Å². The highest BCUT2D eigenvalue weighted by Crippen LogP contribution is 2.25. The van der Waals surface area contributed by atoms with Crippen LogP contribution in [0, 0.1) is 10.1 Å². The molecule has 0 saturated heterocycles. The molecule has 0 radical (unpaired) electrons. The number of nitro groups is 1. The molecule has 0 amide bonds. The zero-order valence-electron chi connectivity index (χ0n) is 8.87. The number of hydrogen-bond acceptors (Lipinski definition) is 6. The first kappa shape index (κ1) is 13.1. The predicted molar refractivity (Wildman–Crippen MR) is 60.1 cm³/mol. The number of nitro benzene ring substituents is 1. The van der Waals surface area contributed by atoms with E-state index >= 15 is 0 Å². The van der Waals surface area contributed by atoms with Crippen molar-refractivity contribution in [3.05, 3.63) is 33.9 Å². The summed E-state index contributed by atoms with van der Waals surface area (Å²) in [5.74, 6) is 0. The van der Waals surface area contributed by atoms with Crippen LogP contribution in [0.2, 0.25) is 0 Å². The second-order valence-electron chi connectivity index (χ2n) is 3.36. The number of nitrogens with one attached hydrogen (secondary N) is 1. The number of aldehydes is 1. The van der Waals surface area contributed by atoms with E-state index in [2.05, 4.69) is 5.32 Å². The molecule has 7 nitrogen and oxygen atoms in total. The Morgan fingerprint density at radius 2 is 2.06 bits per heavy atom. The van der Waals surface area contributed by atoms with Crippen molar-refractivity contribution >= 4 is 17.7 Å². The van der Waals surface area contributed by atoms with Crippen molar-refractivity contribution < 1.29 is 19.9 Å². The molecule has 0 aliphatic carbocycles. The van der Waals surface area contributed by atoms with Gasteiger partial charge in [-0.3, -0.25) is 14.9 Å². The molecule has 0 unspecified atom stereocenters. The van der Waals surface area contributed by atoms with E-state index in [1.165, 1.54) is 12.1 Å². The minimum Gasteiger partial charge on any atom is -0.394 e. The first-order valence-electron chi connectivity index (χ1n) is 4.84. The van der Waals surface area contributed by atoms with E-state index in [1.807, 2.05) is 0 Å². The quantitative estimate of drug-likeness (QED) is 0.371. The molecule has 0 aliphatic rings. The molecule has 92 valence electrons. The van der Waals surface area contributed by atoms with Crippen molar-refractivity contribution in [2.75, 3.05) is 18.5 Å². The number of aliphatic hydroxyl groups is 2. The summed E-state index contributed by atoms with van der Waals surface area (Å²) in [6.07, 6.45) is 0.506. The molecule has 3 N–H and O–H groups in total. The van der Waals surface area contributed by atoms with Crippen LogP contribution in [0.15, 0.2) is 18.2 Å². The van der Waals surface area contributed by atoms with E-state index < -0.39 is 11.0 Å². The van der Waals surface area contributed by atoms with Gasteiger partial charge in [0.05, 0.1) is 24.2 Å². The topological polar surface area (TPSA) is 113 Å². The second-order valence-corrected chi connectivity index (χ2v) is 3.36. The maximum absolute atomic E-state index is 10.8. The summed E-state index contributed by atoms with van der Waals surface area (Å²) in [5.41, 5.74) is 0.0574. The minimum absolute atomic E-state index is 0.147. The third-order valence-corrected chi connectivity index (χ3v) is 2.15. The summed E-state index contributed by atoms with van der Waals surface area (Å²) >= 11 is 0. The molecular weight excluding hydrogens is 228 g/mol. The van der Waals surface area contributed by atoms with Gasteiger partial charge in [0, 0.05) is 11.6 Å². The van der Waals surface area contributed by atoms with Crippen LogP contribution in [0.3, 0.4) is 0 Å². The van der Waals surface area contributed by atoms with Crippen LogP contribution in [-0.2, 0) is 0 Å². The van der Waals surface area contributed by atoms with Gasteiger partial charge in [0.25, 0.3) is 5.69 Å². The van der Waals surface area contributed by atoms with Crippen LogP contribution in [-0.4, -0.2) is 40.7 Å². The Hall–Kier alpha value is -1.99. The molecule has 0 atom stereocenters. The first-order valence-corrected chi connectivity index (χ1v) is 4.84. The average molecular weight is 240 g/mol. The van der Waals surface area contributed by atoms with E-state index in [1.54, 1.807) is 0 Å². The summed E-state index contributed by atoms with van der Waals surface area (Å²) in [4.78, 5) is 20.6. The van der Waals surface area contributed by atoms with Crippen molar-refractivity contribution in [2.45, 2.75) is 6.04 Å². The molecule has 0 fully saturated rings. The Labute approximate surface area is 96.8 Å². The summed E-state index contributed by atoms with van der Waals surface area (Å²) < 4.78 is 0. The Morgan fingerprint density at radius 1 is 1.41 bits per heavy atom. The molecule has 1 aromatic rings. The lowest BCUT2D eigenvalue weighted by Crippen LogP contribution is -2.28. The molecule has 0 heterocycles. The molecule has 1 rings (SSSR count). The lowest BCUT2D eigenvalue weighted by atomic mass is 10.1. The highest BCUT2D eigenvalue weighted by atomic mass is 16.6. The molecule has 7 heteroatoms. The van der Waals surface area contributed by atoms with Gasteiger partial charge in [-0.25, -0.2) is 0 Å². The van der Waals surface area contributed by atoms with Crippen molar-refractivity contribution in [2.24, 2.45) is 0 Å². The molecule has 0 spiro atoms. The smallest absolute Gasteiger partial charge is 0.293 e. The monoisotopic (exact) mass is 240 g/mol. The fourth-order valence-corrected chi connectivity index (χ4v) is 1.26. The zero-order valence-corrected chi connectivity index (χ0v) is 8.87. The molecule has 0 aromatic heterocycles. The van der Waals surface area contributed by atoms with Gasteiger partial charge < -0.3 is 15.5 Å². The fourth-order valence-electron chi connectivity index (χ4n) is 1.26. The summed E-state index contributed by atoms with van der Waals surface area (Å²) in [6, 6.07) is 3.21. The van der Waals surface area contributed by atoms with E-state index in [0.717, 1.165) is 6.07 Å². The number of hydrogen-bond donors (Lipinski definition) is 3. The summed E-state index contributed by atoms with van der Waals surface area (Å²) in [5, 5.41) is 31.1. The van der Waals surface area contributed by atoms with Crippen LogP contribution < -0.4 is 5.32 Å². The van der Waals surface area contributed by atoms with E-state index in [9.17, 15) is 14.9 Å². The number of benzene rings is 1. The fraction of sp³-hybridized carbons (Fsp3) is 0.300. The molecule has 17 heavy (non-hydrogen) atoms. The summed E-state index contributed by atoms with van der Waals surface area (Å²) in [7, 11) is 0. The normalized spacial score (nSPS) is 10.3. The third-order valence-electron chi connectivity index (χ3n) is 2.15. The number of carbonyl (C=O) groups is 1. The number of carbonyl (C=O) groups excluding carboxylic acids is 1. The highest BCUT2D eigenvalue weighted by Gasteiger charge is 2.17. The predicted octanol–water partition coefficient (Wildman–Crippen LogP) is 0.172. The van der Waals surface area contributed by atoms with Gasteiger partial charge >= 0.3 is 0 Å². The molecule has 1 aromatic carbocycles. The SMILES string of the molecule is O=Cc1ccc(NC(CO)CO)c([N+](=O)[O-])c1. The van der Waals surface area contributed by atoms with Gasteiger partial charge in [-0.1, -0.05) is 0 Å². The van der Waals surface area contributed by atoms with Crippen LogP contribution in [0.25, 0.3) is 0 Å². The van der Waals surface area contributed by atoms with E-state index in [0.29, 0.717) is 6.29 Å². The number of rotatable bonds is 6. The van der Waals surface area contributed by atoms with Gasteiger partial charge in [-0.2, -0.15) is 0 Å². The maximum atomic E-state index is 10.8. The van der Waals surface area contributed by atoms with Crippen LogP contribution in [0.5, 0.6) is 0 Å². The Kier molecular flexibility index (Phi) is 4.56. The minimum atomic E-state index is -0.684. The van der Waals surface area contributed by atoms with Crippen molar-refractivity contribution in [1.82, 2.24) is 0 Å². The van der Waals surface area contributed by atoms with Crippen molar-refractivity contribution in [1.29, 1.82) is 0 Å². The molecule has 0 bridgehead atoms. The molecule has 0 saturated carbocycles. The van der Waals surface area contributed by atoms with E-state index in [4.69, 9.17) is 10.2 Å². The molecule has 0 aliphatic heterocycles. The number of aliphatic hydroxyl groups excluding tert-OH is 2. The van der Waals surface area contributed by atoms with Crippen molar-refractivity contribution in [3.63, 3.8) is 0 Å². The highest BCUT2D eigenvalue weighted by molar-refractivity contribution is 5.79. The van der Waals surface area contributed by atoms with Gasteiger partial charge in [-0.15, -0.1) is 0 Å². The standard InChI is InChI=1S/C10H12N2O5/c13-4-7-1-2-9(10(3-7)12(16)17)11-8(5-14)6-15/h1-4,8,11,14-15H,5-6H2.